The van der Waals surface area contributed by atoms with Crippen LogP contribution < -0.4 is 10.6 Å². The minimum Gasteiger partial charge on any atom is -0.357 e. The van der Waals surface area contributed by atoms with E-state index in [9.17, 15) is 13.2 Å². The van der Waals surface area contributed by atoms with Crippen molar-refractivity contribution in [2.24, 2.45) is 10.9 Å². The number of alkyl halides is 3. The fourth-order valence-electron chi connectivity index (χ4n) is 3.27. The summed E-state index contributed by atoms with van der Waals surface area (Å²) in [5.74, 6) is 0.887. The van der Waals surface area contributed by atoms with Crippen LogP contribution in [-0.2, 0) is 6.54 Å². The third kappa shape index (κ3) is 9.14. The summed E-state index contributed by atoms with van der Waals surface area (Å²) in [4.78, 5) is 6.94. The molecule has 4 nitrogen and oxygen atoms in total. The van der Waals surface area contributed by atoms with Crippen molar-refractivity contribution in [3.8, 4) is 0 Å². The highest BCUT2D eigenvalue weighted by Gasteiger charge is 2.29. The first-order valence-electron chi connectivity index (χ1n) is 9.24. The molecule has 1 aliphatic rings. The predicted octanol–water partition coefficient (Wildman–Crippen LogP) is 4.02. The number of benzene rings is 1. The van der Waals surface area contributed by atoms with Crippen LogP contribution in [0.15, 0.2) is 35.3 Å². The average Bonchev–Trinajstić information content (AvgIpc) is 2.92. The first-order valence-corrected chi connectivity index (χ1v) is 9.24. The maximum atomic E-state index is 12.3. The SMILES string of the molecule is CCNC(=NCC1CC(C)N(Cc2ccccc2)C1)NCCC(F)(F)F.I. The number of hydrogen-bond donors (Lipinski definition) is 2. The molecule has 2 rings (SSSR count). The van der Waals surface area contributed by atoms with Gasteiger partial charge in [0, 0.05) is 38.8 Å². The van der Waals surface area contributed by atoms with Gasteiger partial charge in [-0.1, -0.05) is 30.3 Å². The Hall–Kier alpha value is -1.03. The number of rotatable bonds is 7. The molecule has 0 aliphatic carbocycles. The first-order chi connectivity index (χ1) is 12.4. The Morgan fingerprint density at radius 3 is 2.56 bits per heavy atom. The van der Waals surface area contributed by atoms with Gasteiger partial charge >= 0.3 is 6.18 Å². The quantitative estimate of drug-likeness (QED) is 0.339. The van der Waals surface area contributed by atoms with Crippen molar-refractivity contribution < 1.29 is 13.2 Å². The van der Waals surface area contributed by atoms with Gasteiger partial charge in [0.1, 0.15) is 0 Å². The fourth-order valence-corrected chi connectivity index (χ4v) is 3.27. The molecule has 27 heavy (non-hydrogen) atoms. The zero-order valence-corrected chi connectivity index (χ0v) is 18.3. The van der Waals surface area contributed by atoms with Gasteiger partial charge in [-0.15, -0.1) is 24.0 Å². The number of guanidine groups is 1. The molecule has 0 saturated carbocycles. The van der Waals surface area contributed by atoms with Crippen molar-refractivity contribution in [1.29, 1.82) is 0 Å². The minimum absolute atomic E-state index is 0. The smallest absolute Gasteiger partial charge is 0.357 e. The summed E-state index contributed by atoms with van der Waals surface area (Å²) in [5, 5.41) is 5.78. The summed E-state index contributed by atoms with van der Waals surface area (Å²) in [6, 6.07) is 10.9. The standard InChI is InChI=1S/C19H29F3N4.HI/c1-3-23-18(24-10-9-19(20,21)22)25-12-17-11-15(2)26(14-17)13-16-7-5-4-6-8-16;/h4-8,15,17H,3,9-14H2,1-2H3,(H2,23,24,25);1H. The molecule has 1 aromatic carbocycles. The van der Waals surface area contributed by atoms with Gasteiger partial charge in [0.15, 0.2) is 5.96 Å². The van der Waals surface area contributed by atoms with E-state index in [2.05, 4.69) is 39.6 Å². The minimum atomic E-state index is -4.15. The van der Waals surface area contributed by atoms with Crippen molar-refractivity contribution >= 4 is 29.9 Å². The van der Waals surface area contributed by atoms with E-state index < -0.39 is 12.6 Å². The zero-order chi connectivity index (χ0) is 19.0. The van der Waals surface area contributed by atoms with Crippen LogP contribution in [0.2, 0.25) is 0 Å². The van der Waals surface area contributed by atoms with Gasteiger partial charge < -0.3 is 10.6 Å². The summed E-state index contributed by atoms with van der Waals surface area (Å²) < 4.78 is 36.8. The van der Waals surface area contributed by atoms with Crippen LogP contribution in [0.25, 0.3) is 0 Å². The van der Waals surface area contributed by atoms with Crippen LogP contribution in [0.5, 0.6) is 0 Å². The van der Waals surface area contributed by atoms with E-state index in [1.54, 1.807) is 0 Å². The van der Waals surface area contributed by atoms with Crippen LogP contribution in [0.1, 0.15) is 32.3 Å². The number of likely N-dealkylation sites (tertiary alicyclic amines) is 1. The summed E-state index contributed by atoms with van der Waals surface area (Å²) in [5.41, 5.74) is 1.30. The highest BCUT2D eigenvalue weighted by atomic mass is 127. The van der Waals surface area contributed by atoms with Crippen molar-refractivity contribution in [1.82, 2.24) is 15.5 Å². The molecule has 2 N–H and O–H groups in total. The van der Waals surface area contributed by atoms with Crippen molar-refractivity contribution in [3.63, 3.8) is 0 Å². The molecule has 0 amide bonds. The lowest BCUT2D eigenvalue weighted by Crippen LogP contribution is -2.39. The molecule has 0 radical (unpaired) electrons. The third-order valence-corrected chi connectivity index (χ3v) is 4.57. The second-order valence-corrected chi connectivity index (χ2v) is 6.88. The second kappa shape index (κ2) is 11.7. The van der Waals surface area contributed by atoms with Gasteiger partial charge in [0.25, 0.3) is 0 Å². The largest absolute Gasteiger partial charge is 0.390 e. The van der Waals surface area contributed by atoms with E-state index in [4.69, 9.17) is 0 Å². The Labute approximate surface area is 177 Å². The molecule has 0 bridgehead atoms. The summed E-state index contributed by atoms with van der Waals surface area (Å²) in [7, 11) is 0. The van der Waals surface area contributed by atoms with Gasteiger partial charge in [-0.3, -0.25) is 9.89 Å². The summed E-state index contributed by atoms with van der Waals surface area (Å²) in [6.07, 6.45) is -3.95. The monoisotopic (exact) mass is 498 g/mol. The number of nitrogens with zero attached hydrogens (tertiary/aromatic N) is 2. The van der Waals surface area contributed by atoms with Crippen LogP contribution in [0.4, 0.5) is 13.2 Å². The molecular formula is C19H30F3IN4. The average molecular weight is 498 g/mol. The van der Waals surface area contributed by atoms with Crippen molar-refractivity contribution in [2.75, 3.05) is 26.2 Å². The van der Waals surface area contributed by atoms with E-state index in [0.717, 1.165) is 19.5 Å². The Bertz CT molecular complexity index is 566. The molecule has 0 spiro atoms. The molecule has 2 unspecified atom stereocenters. The van der Waals surface area contributed by atoms with Crippen LogP contribution in [0, 0.1) is 5.92 Å². The molecule has 8 heteroatoms. The number of hydrogen-bond acceptors (Lipinski definition) is 2. The van der Waals surface area contributed by atoms with Crippen molar-refractivity contribution in [3.05, 3.63) is 35.9 Å². The van der Waals surface area contributed by atoms with Gasteiger partial charge in [-0.05, 0) is 31.7 Å². The molecule has 1 fully saturated rings. The van der Waals surface area contributed by atoms with E-state index in [1.807, 2.05) is 25.1 Å². The molecule has 1 heterocycles. The number of aliphatic imine (C=N–C) groups is 1. The highest BCUT2D eigenvalue weighted by Crippen LogP contribution is 2.25. The Morgan fingerprint density at radius 2 is 1.93 bits per heavy atom. The molecule has 2 atom stereocenters. The number of nitrogens with one attached hydrogen (secondary N) is 2. The van der Waals surface area contributed by atoms with Crippen LogP contribution >= 0.6 is 24.0 Å². The molecule has 0 aromatic heterocycles. The lowest BCUT2D eigenvalue weighted by molar-refractivity contribution is -0.132. The van der Waals surface area contributed by atoms with Gasteiger partial charge in [0.2, 0.25) is 0 Å². The lowest BCUT2D eigenvalue weighted by atomic mass is 10.1. The summed E-state index contributed by atoms with van der Waals surface area (Å²) in [6.45, 7) is 7.10. The predicted molar refractivity (Wildman–Crippen MR) is 114 cm³/mol. The Balaban J connectivity index is 0.00000364. The van der Waals surface area contributed by atoms with Crippen LogP contribution in [0.3, 0.4) is 0 Å². The number of halogens is 4. The second-order valence-electron chi connectivity index (χ2n) is 6.88. The van der Waals surface area contributed by atoms with Gasteiger partial charge in [0.05, 0.1) is 6.42 Å². The first kappa shape index (κ1) is 24.0. The van der Waals surface area contributed by atoms with Crippen LogP contribution in [-0.4, -0.2) is 49.3 Å². The van der Waals surface area contributed by atoms with Gasteiger partial charge in [-0.2, -0.15) is 13.2 Å². The third-order valence-electron chi connectivity index (χ3n) is 4.57. The van der Waals surface area contributed by atoms with E-state index in [0.29, 0.717) is 31.0 Å². The van der Waals surface area contributed by atoms with E-state index in [1.165, 1.54) is 5.56 Å². The maximum Gasteiger partial charge on any atom is 0.390 e. The molecule has 1 saturated heterocycles. The highest BCUT2D eigenvalue weighted by molar-refractivity contribution is 14.0. The molecule has 154 valence electrons. The normalized spacial score (nSPS) is 21.0. The Kier molecular flexibility index (Phi) is 10.4. The zero-order valence-electron chi connectivity index (χ0n) is 15.9. The van der Waals surface area contributed by atoms with Crippen molar-refractivity contribution in [2.45, 2.75) is 45.5 Å². The maximum absolute atomic E-state index is 12.3. The lowest BCUT2D eigenvalue weighted by Gasteiger charge is -2.20. The topological polar surface area (TPSA) is 39.7 Å². The fraction of sp³-hybridized carbons (Fsp3) is 0.632. The van der Waals surface area contributed by atoms with E-state index >= 15 is 0 Å². The summed E-state index contributed by atoms with van der Waals surface area (Å²) >= 11 is 0. The molecule has 1 aromatic rings. The van der Waals surface area contributed by atoms with E-state index in [-0.39, 0.29) is 30.5 Å². The van der Waals surface area contributed by atoms with Gasteiger partial charge in [-0.25, -0.2) is 0 Å². The molecular weight excluding hydrogens is 468 g/mol. The molecule has 1 aliphatic heterocycles. The Morgan fingerprint density at radius 1 is 1.22 bits per heavy atom.